The van der Waals surface area contributed by atoms with Crippen LogP contribution < -0.4 is 15.5 Å². The Morgan fingerprint density at radius 1 is 0.692 bits per heavy atom. The van der Waals surface area contributed by atoms with Gasteiger partial charge in [-0.2, -0.15) is 74.6 Å². The van der Waals surface area contributed by atoms with E-state index in [0.717, 1.165) is 18.2 Å². The molecule has 0 aromatic heterocycles. The largest absolute Gasteiger partial charge is 0.491 e. The predicted molar refractivity (Wildman–Crippen MR) is 191 cm³/mol. The summed E-state index contributed by atoms with van der Waals surface area (Å²) in [6.45, 7) is 5.44. The summed E-state index contributed by atoms with van der Waals surface area (Å²) in [7, 11) is -4.07. The molecule has 0 aliphatic carbocycles. The van der Waals surface area contributed by atoms with Gasteiger partial charge in [0, 0.05) is 24.5 Å². The number of hydroxylamine groups is 1. The summed E-state index contributed by atoms with van der Waals surface area (Å²) in [5.74, 6) is -61.0. The van der Waals surface area contributed by atoms with Crippen molar-refractivity contribution >= 4 is 26.0 Å². The van der Waals surface area contributed by atoms with Gasteiger partial charge in [-0.05, 0) is 47.0 Å². The van der Waals surface area contributed by atoms with Gasteiger partial charge in [0.05, 0.1) is 12.3 Å². The number of hydrogen-bond acceptors (Lipinski definition) is 6. The molecule has 0 unspecified atom stereocenters. The minimum Gasteiger partial charge on any atom is -0.491 e. The number of anilines is 1. The maximum atomic E-state index is 15.0. The van der Waals surface area contributed by atoms with E-state index in [-0.39, 0.29) is 11.3 Å². The van der Waals surface area contributed by atoms with Crippen molar-refractivity contribution in [3.05, 3.63) is 71.8 Å². The monoisotopic (exact) mass is 996 g/mol. The molecule has 2 aromatic rings. The summed E-state index contributed by atoms with van der Waals surface area (Å²) in [4.78, 5) is 24.2. The van der Waals surface area contributed by atoms with E-state index in [2.05, 4.69) is 5.32 Å². The molecule has 0 saturated carbocycles. The first-order valence-corrected chi connectivity index (χ1v) is 20.7. The minimum atomic E-state index is -8.73. The smallest absolute Gasteiger partial charge is 0.460 e. The summed E-state index contributed by atoms with van der Waals surface area (Å²) in [5.41, 5.74) is -0.823. The average Bonchev–Trinajstić information content (AvgIpc) is 3.18. The molecule has 0 bridgehead atoms. The van der Waals surface area contributed by atoms with E-state index in [1.165, 1.54) is 70.4 Å². The highest BCUT2D eigenvalue weighted by Crippen LogP contribution is 2.64. The van der Waals surface area contributed by atoms with Crippen LogP contribution in [0, 0.1) is 17.6 Å². The minimum absolute atomic E-state index is 0.00265. The second-order valence-electron chi connectivity index (χ2n) is 14.9. The van der Waals surface area contributed by atoms with E-state index in [1.807, 2.05) is 0 Å². The molecule has 8 nitrogen and oxygen atoms in total. The second-order valence-corrected chi connectivity index (χ2v) is 20.0. The molecule has 65 heavy (non-hydrogen) atoms. The fourth-order valence-corrected chi connectivity index (χ4v) is 10.7. The fourth-order valence-electron chi connectivity index (χ4n) is 6.20. The van der Waals surface area contributed by atoms with Crippen LogP contribution in [0.5, 0.6) is 5.75 Å². The van der Waals surface area contributed by atoms with Gasteiger partial charge >= 0.3 is 53.7 Å². The summed E-state index contributed by atoms with van der Waals surface area (Å²) in [5, 5.41) is 10.8. The van der Waals surface area contributed by atoms with Crippen LogP contribution in [0.4, 0.5) is 93.9 Å². The first-order valence-electron chi connectivity index (χ1n) is 18.5. The van der Waals surface area contributed by atoms with Crippen molar-refractivity contribution < 1.29 is 112 Å². The van der Waals surface area contributed by atoms with Crippen molar-refractivity contribution in [3.63, 3.8) is 0 Å². The van der Waals surface area contributed by atoms with Crippen LogP contribution in [-0.2, 0) is 14.0 Å². The lowest BCUT2D eigenvalue weighted by molar-refractivity contribution is -0.461. The number of hydrogen-bond donors (Lipinski definition) is 3. The maximum Gasteiger partial charge on any atom is 0.460 e. The van der Waals surface area contributed by atoms with Crippen LogP contribution >= 0.6 is 0 Å². The Balaban J connectivity index is 2.30. The number of nitrogens with one attached hydrogen (secondary N) is 2. The van der Waals surface area contributed by atoms with E-state index in [4.69, 9.17) is 19.1 Å². The highest BCUT2D eigenvalue weighted by Gasteiger charge is 2.95. The lowest BCUT2D eigenvalue weighted by atomic mass is 9.88. The fraction of sp³-hybridized carbons (Fsp3) is 0.568. The lowest BCUT2D eigenvalue weighted by Crippen LogP contribution is -2.74. The molecule has 370 valence electrons. The van der Waals surface area contributed by atoms with Gasteiger partial charge in [-0.3, -0.25) is 15.3 Å². The van der Waals surface area contributed by atoms with Crippen molar-refractivity contribution in [2.75, 3.05) is 18.5 Å². The summed E-state index contributed by atoms with van der Waals surface area (Å²) >= 11 is 0. The van der Waals surface area contributed by atoms with Gasteiger partial charge in [0.25, 0.3) is 5.91 Å². The molecule has 2 amide bonds. The van der Waals surface area contributed by atoms with E-state index in [0.29, 0.717) is 6.07 Å². The van der Waals surface area contributed by atoms with Gasteiger partial charge in [0.2, 0.25) is 0 Å². The molecule has 0 radical (unpaired) electrons. The highest BCUT2D eigenvalue weighted by atomic mass is 28.4. The molecule has 2 atom stereocenters. The molecule has 0 heterocycles. The van der Waals surface area contributed by atoms with Crippen LogP contribution in [0.15, 0.2) is 54.6 Å². The maximum absolute atomic E-state index is 15.0. The number of benzene rings is 2. The number of amides is 2. The number of rotatable bonds is 22. The Hall–Kier alpha value is -4.47. The van der Waals surface area contributed by atoms with Crippen molar-refractivity contribution in [3.8, 4) is 5.75 Å². The zero-order valence-corrected chi connectivity index (χ0v) is 35.0. The van der Waals surface area contributed by atoms with Crippen LogP contribution in [0.3, 0.4) is 0 Å². The molecular weight excluding hydrogens is 957 g/mol. The Morgan fingerprint density at radius 2 is 1.18 bits per heavy atom. The molecule has 0 saturated heterocycles. The lowest BCUT2D eigenvalue weighted by Gasteiger charge is -2.44. The number of ether oxygens (including phenoxy) is 2. The SMILES string of the molecule is CC(C)[Si](CCC(F)(F)C(F)(F)C(F)(F)C(F)(F)C(F)(F)C(F)(F)C(F)(F)C(F)(F)F)(OCCOc1ccc([C@H](OC(=O)Nc2ccc(F)cc2F)[C@H](C)/C=C/C(=O)NO)cc1)C(C)C. The van der Waals surface area contributed by atoms with Crippen molar-refractivity contribution in [1.82, 2.24) is 5.48 Å². The van der Waals surface area contributed by atoms with E-state index in [9.17, 15) is 93.0 Å². The molecule has 0 fully saturated rings. The van der Waals surface area contributed by atoms with Gasteiger partial charge < -0.3 is 13.9 Å². The summed E-state index contributed by atoms with van der Waals surface area (Å²) < 4.78 is 280. The molecule has 0 aliphatic heterocycles. The molecule has 3 N–H and O–H groups in total. The first kappa shape index (κ1) is 56.7. The average molecular weight is 997 g/mol. The normalized spacial score (nSPS) is 15.1. The standard InChI is InChI=1S/C37H39F19N2O6Si/c1-19(2)65(20(3)4,17-14-30(40,41)31(42,43)32(44,45)33(46,47)34(48,49)35(50,51)36(52,53)37(54,55)56)63-16-15-62-24-10-7-22(8-11-24)28(21(5)6-13-27(59)58-61)64-29(60)57-26-12-9-23(38)18-25(26)39/h6-13,18-21,28,61H,14-17H2,1-5H3,(H,57,60)(H,58,59)/b13-6+/t21-,28-/m1/s1. The predicted octanol–water partition coefficient (Wildman–Crippen LogP) is 12.5. The summed E-state index contributed by atoms with van der Waals surface area (Å²) in [6, 6.07) is 5.97. The van der Waals surface area contributed by atoms with Gasteiger partial charge in [0.15, 0.2) is 8.32 Å². The quantitative estimate of drug-likeness (QED) is 0.0271. The van der Waals surface area contributed by atoms with Crippen LogP contribution in [0.25, 0.3) is 0 Å². The zero-order chi connectivity index (χ0) is 50.6. The number of carbonyl (C=O) groups is 2. The third-order valence-electron chi connectivity index (χ3n) is 10.0. The summed E-state index contributed by atoms with van der Waals surface area (Å²) in [6.07, 6.45) is -10.9. The Morgan fingerprint density at radius 3 is 1.65 bits per heavy atom. The van der Waals surface area contributed by atoms with E-state index < -0.39 is 134 Å². The van der Waals surface area contributed by atoms with Gasteiger partial charge in [0.1, 0.15) is 30.1 Å². The van der Waals surface area contributed by atoms with Crippen LogP contribution in [0.2, 0.25) is 17.1 Å². The van der Waals surface area contributed by atoms with Crippen LogP contribution in [0.1, 0.15) is 52.7 Å². The number of halogens is 19. The molecular formula is C37H39F19N2O6Si. The van der Waals surface area contributed by atoms with E-state index >= 15 is 0 Å². The van der Waals surface area contributed by atoms with E-state index in [1.54, 1.807) is 0 Å². The van der Waals surface area contributed by atoms with Gasteiger partial charge in [-0.25, -0.2) is 19.1 Å². The number of carbonyl (C=O) groups excluding carboxylic acids is 2. The third-order valence-corrected chi connectivity index (χ3v) is 15.7. The first-order chi connectivity index (χ1) is 29.3. The molecule has 2 aromatic carbocycles. The van der Waals surface area contributed by atoms with Crippen molar-refractivity contribution in [2.24, 2.45) is 5.92 Å². The van der Waals surface area contributed by atoms with Gasteiger partial charge in [-0.1, -0.05) is 52.8 Å². The molecule has 0 aliphatic rings. The number of alkyl halides is 17. The Labute approximate surface area is 357 Å². The topological polar surface area (TPSA) is 106 Å². The second kappa shape index (κ2) is 20.2. The molecule has 0 spiro atoms. The van der Waals surface area contributed by atoms with Crippen molar-refractivity contribution in [1.29, 1.82) is 0 Å². The molecule has 28 heteroatoms. The highest BCUT2D eigenvalue weighted by molar-refractivity contribution is 6.76. The Kier molecular flexibility index (Phi) is 17.6. The molecule has 2 rings (SSSR count). The zero-order valence-electron chi connectivity index (χ0n) is 34.0. The Bertz CT molecular complexity index is 1960. The van der Waals surface area contributed by atoms with Crippen molar-refractivity contribution in [2.45, 2.75) is 112 Å². The van der Waals surface area contributed by atoms with Crippen LogP contribution in [-0.4, -0.2) is 86.4 Å². The van der Waals surface area contributed by atoms with Gasteiger partial charge in [-0.15, -0.1) is 0 Å². The third kappa shape index (κ3) is 11.4.